The highest BCUT2D eigenvalue weighted by Crippen LogP contribution is 2.37. The maximum absolute atomic E-state index is 4.45. The van der Waals surface area contributed by atoms with Gasteiger partial charge in [0.15, 0.2) is 0 Å². The summed E-state index contributed by atoms with van der Waals surface area (Å²) < 4.78 is 2.06. The molecule has 0 amide bonds. The summed E-state index contributed by atoms with van der Waals surface area (Å²) in [6.07, 6.45) is 7.53. The first-order valence-corrected chi connectivity index (χ1v) is 5.83. The number of rotatable bonds is 3. The molecule has 3 heteroatoms. The molecule has 0 atom stereocenters. The van der Waals surface area contributed by atoms with Crippen molar-refractivity contribution in [1.82, 2.24) is 9.55 Å². The lowest BCUT2D eigenvalue weighted by molar-refractivity contribution is 0.361. The number of anilines is 1. The fourth-order valence-corrected chi connectivity index (χ4v) is 2.48. The average Bonchev–Trinajstić information content (AvgIpc) is 2.71. The smallest absolute Gasteiger partial charge is 0.202 e. The second kappa shape index (κ2) is 3.87. The summed E-state index contributed by atoms with van der Waals surface area (Å²) in [5.41, 5.74) is 1.57. The zero-order valence-electron chi connectivity index (χ0n) is 10.0. The SMILES string of the molecule is Cc1cn(C)c(NCC2(C)CCCC2)n1. The molecular formula is C12H21N3. The van der Waals surface area contributed by atoms with Crippen molar-refractivity contribution in [2.75, 3.05) is 11.9 Å². The molecule has 0 bridgehead atoms. The highest BCUT2D eigenvalue weighted by Gasteiger charge is 2.28. The molecule has 0 aliphatic heterocycles. The standard InChI is InChI=1S/C12H21N3/c1-10-8-15(3)11(14-10)13-9-12(2)6-4-5-7-12/h8H,4-7,9H2,1-3H3,(H,13,14). The van der Waals surface area contributed by atoms with Gasteiger partial charge in [-0.2, -0.15) is 0 Å². The highest BCUT2D eigenvalue weighted by atomic mass is 15.2. The maximum atomic E-state index is 4.45. The summed E-state index contributed by atoms with van der Waals surface area (Å²) in [4.78, 5) is 4.45. The molecule has 1 fully saturated rings. The largest absolute Gasteiger partial charge is 0.355 e. The molecule has 15 heavy (non-hydrogen) atoms. The number of imidazole rings is 1. The molecule has 2 rings (SSSR count). The van der Waals surface area contributed by atoms with Gasteiger partial charge in [0.2, 0.25) is 5.95 Å². The van der Waals surface area contributed by atoms with Gasteiger partial charge in [0, 0.05) is 19.8 Å². The van der Waals surface area contributed by atoms with E-state index in [-0.39, 0.29) is 0 Å². The first kappa shape index (κ1) is 10.5. The van der Waals surface area contributed by atoms with Gasteiger partial charge in [-0.05, 0) is 25.2 Å². The summed E-state index contributed by atoms with van der Waals surface area (Å²) in [6.45, 7) is 5.46. The molecule has 0 saturated heterocycles. The maximum Gasteiger partial charge on any atom is 0.202 e. The Morgan fingerprint density at radius 1 is 1.47 bits per heavy atom. The van der Waals surface area contributed by atoms with E-state index in [2.05, 4.69) is 28.0 Å². The fraction of sp³-hybridized carbons (Fsp3) is 0.750. The monoisotopic (exact) mass is 207 g/mol. The summed E-state index contributed by atoms with van der Waals surface area (Å²) in [5, 5.41) is 3.47. The fourth-order valence-electron chi connectivity index (χ4n) is 2.48. The normalized spacial score (nSPS) is 19.4. The Morgan fingerprint density at radius 3 is 2.67 bits per heavy atom. The molecule has 0 aromatic carbocycles. The zero-order valence-corrected chi connectivity index (χ0v) is 10.0. The molecule has 1 heterocycles. The Balaban J connectivity index is 1.95. The summed E-state index contributed by atoms with van der Waals surface area (Å²) in [6, 6.07) is 0. The molecule has 1 aliphatic rings. The molecular weight excluding hydrogens is 186 g/mol. The molecule has 0 unspecified atom stereocenters. The van der Waals surface area contributed by atoms with Crippen LogP contribution in [-0.4, -0.2) is 16.1 Å². The predicted molar refractivity (Wildman–Crippen MR) is 63.0 cm³/mol. The number of hydrogen-bond acceptors (Lipinski definition) is 2. The Morgan fingerprint density at radius 2 is 2.13 bits per heavy atom. The topological polar surface area (TPSA) is 29.9 Å². The van der Waals surface area contributed by atoms with Gasteiger partial charge in [-0.25, -0.2) is 4.98 Å². The minimum atomic E-state index is 0.486. The van der Waals surface area contributed by atoms with E-state index < -0.39 is 0 Å². The summed E-state index contributed by atoms with van der Waals surface area (Å²) in [7, 11) is 2.04. The van der Waals surface area contributed by atoms with Crippen LogP contribution in [0.2, 0.25) is 0 Å². The van der Waals surface area contributed by atoms with Crippen LogP contribution in [0.25, 0.3) is 0 Å². The van der Waals surface area contributed by atoms with Crippen LogP contribution in [0.1, 0.15) is 38.3 Å². The highest BCUT2D eigenvalue weighted by molar-refractivity contribution is 5.28. The van der Waals surface area contributed by atoms with Crippen molar-refractivity contribution in [1.29, 1.82) is 0 Å². The van der Waals surface area contributed by atoms with Crippen molar-refractivity contribution in [3.63, 3.8) is 0 Å². The van der Waals surface area contributed by atoms with E-state index >= 15 is 0 Å². The lowest BCUT2D eigenvalue weighted by Gasteiger charge is -2.23. The van der Waals surface area contributed by atoms with E-state index in [0.29, 0.717) is 5.41 Å². The third kappa shape index (κ3) is 2.33. The first-order valence-electron chi connectivity index (χ1n) is 5.83. The lowest BCUT2D eigenvalue weighted by atomic mass is 9.89. The minimum absolute atomic E-state index is 0.486. The van der Waals surface area contributed by atoms with Crippen LogP contribution >= 0.6 is 0 Å². The van der Waals surface area contributed by atoms with Crippen LogP contribution in [0.5, 0.6) is 0 Å². The Labute approximate surface area is 91.9 Å². The van der Waals surface area contributed by atoms with Crippen LogP contribution < -0.4 is 5.32 Å². The number of aryl methyl sites for hydroxylation is 2. The molecule has 1 N–H and O–H groups in total. The average molecular weight is 207 g/mol. The van der Waals surface area contributed by atoms with Gasteiger partial charge in [0.05, 0.1) is 5.69 Å². The molecule has 1 saturated carbocycles. The van der Waals surface area contributed by atoms with Gasteiger partial charge in [-0.15, -0.1) is 0 Å². The van der Waals surface area contributed by atoms with E-state index in [4.69, 9.17) is 0 Å². The molecule has 1 aromatic heterocycles. The van der Waals surface area contributed by atoms with Crippen LogP contribution in [0.15, 0.2) is 6.20 Å². The van der Waals surface area contributed by atoms with Crippen molar-refractivity contribution in [2.45, 2.75) is 39.5 Å². The Hall–Kier alpha value is -0.990. The van der Waals surface area contributed by atoms with E-state index in [0.717, 1.165) is 18.2 Å². The van der Waals surface area contributed by atoms with Crippen LogP contribution in [0.4, 0.5) is 5.95 Å². The lowest BCUT2D eigenvalue weighted by Crippen LogP contribution is -2.24. The Bertz CT molecular complexity index is 335. The van der Waals surface area contributed by atoms with Crippen molar-refractivity contribution in [2.24, 2.45) is 12.5 Å². The molecule has 84 valence electrons. The van der Waals surface area contributed by atoms with Gasteiger partial charge < -0.3 is 9.88 Å². The second-order valence-electron chi connectivity index (χ2n) is 5.19. The van der Waals surface area contributed by atoms with Gasteiger partial charge in [0.1, 0.15) is 0 Å². The number of nitrogens with one attached hydrogen (secondary N) is 1. The first-order chi connectivity index (χ1) is 7.09. The summed E-state index contributed by atoms with van der Waals surface area (Å²) in [5.74, 6) is 1.00. The number of nitrogens with zero attached hydrogens (tertiary/aromatic N) is 2. The molecule has 1 aliphatic carbocycles. The van der Waals surface area contributed by atoms with E-state index in [1.165, 1.54) is 25.7 Å². The van der Waals surface area contributed by atoms with Crippen molar-refractivity contribution < 1.29 is 0 Å². The van der Waals surface area contributed by atoms with Crippen LogP contribution in [0, 0.1) is 12.3 Å². The van der Waals surface area contributed by atoms with Gasteiger partial charge >= 0.3 is 0 Å². The van der Waals surface area contributed by atoms with Gasteiger partial charge in [-0.3, -0.25) is 0 Å². The molecule has 0 spiro atoms. The number of aromatic nitrogens is 2. The van der Waals surface area contributed by atoms with E-state index in [1.807, 2.05) is 14.0 Å². The quantitative estimate of drug-likeness (QED) is 0.826. The molecule has 1 aromatic rings. The molecule has 0 radical (unpaired) electrons. The van der Waals surface area contributed by atoms with E-state index in [1.54, 1.807) is 0 Å². The minimum Gasteiger partial charge on any atom is -0.355 e. The van der Waals surface area contributed by atoms with Gasteiger partial charge in [-0.1, -0.05) is 19.8 Å². The van der Waals surface area contributed by atoms with Crippen molar-refractivity contribution in [3.8, 4) is 0 Å². The van der Waals surface area contributed by atoms with Crippen LogP contribution in [0.3, 0.4) is 0 Å². The van der Waals surface area contributed by atoms with E-state index in [9.17, 15) is 0 Å². The van der Waals surface area contributed by atoms with Gasteiger partial charge in [0.25, 0.3) is 0 Å². The second-order valence-corrected chi connectivity index (χ2v) is 5.19. The third-order valence-corrected chi connectivity index (χ3v) is 3.48. The predicted octanol–water partition coefficient (Wildman–Crippen LogP) is 2.72. The van der Waals surface area contributed by atoms with Crippen LogP contribution in [-0.2, 0) is 7.05 Å². The Kier molecular flexibility index (Phi) is 2.72. The zero-order chi connectivity index (χ0) is 10.9. The third-order valence-electron chi connectivity index (χ3n) is 3.48. The molecule has 3 nitrogen and oxygen atoms in total. The summed E-state index contributed by atoms with van der Waals surface area (Å²) >= 11 is 0. The van der Waals surface area contributed by atoms with Crippen molar-refractivity contribution >= 4 is 5.95 Å². The number of hydrogen-bond donors (Lipinski definition) is 1. The van der Waals surface area contributed by atoms with Crippen molar-refractivity contribution in [3.05, 3.63) is 11.9 Å².